The summed E-state index contributed by atoms with van der Waals surface area (Å²) in [4.78, 5) is 27.0. The van der Waals surface area contributed by atoms with E-state index in [0.717, 1.165) is 18.5 Å². The molecule has 2 heterocycles. The van der Waals surface area contributed by atoms with E-state index in [1.807, 2.05) is 35.2 Å². The van der Waals surface area contributed by atoms with Crippen LogP contribution in [0, 0.1) is 0 Å². The summed E-state index contributed by atoms with van der Waals surface area (Å²) in [5, 5.41) is 14.2. The fourth-order valence-electron chi connectivity index (χ4n) is 3.33. The summed E-state index contributed by atoms with van der Waals surface area (Å²) in [5.74, 6) is -0.0951. The second-order valence-electron chi connectivity index (χ2n) is 6.71. The molecule has 0 saturated carbocycles. The molecule has 2 amide bonds. The van der Waals surface area contributed by atoms with E-state index in [9.17, 15) is 9.59 Å². The molecule has 4 rings (SSSR count). The van der Waals surface area contributed by atoms with Crippen LogP contribution in [0.15, 0.2) is 60.9 Å². The molecule has 3 aromatic rings. The maximum absolute atomic E-state index is 12.8. The van der Waals surface area contributed by atoms with Gasteiger partial charge in [0, 0.05) is 30.3 Å². The molecule has 0 atom stereocenters. The number of rotatable bonds is 4. The highest BCUT2D eigenvalue weighted by molar-refractivity contribution is 5.95. The van der Waals surface area contributed by atoms with Crippen LogP contribution in [0.5, 0.6) is 0 Å². The van der Waals surface area contributed by atoms with Gasteiger partial charge in [-0.2, -0.15) is 0 Å². The topological polar surface area (TPSA) is 93.0 Å². The van der Waals surface area contributed by atoms with Gasteiger partial charge >= 0.3 is 0 Å². The second-order valence-corrected chi connectivity index (χ2v) is 6.71. The summed E-state index contributed by atoms with van der Waals surface area (Å²) in [6.07, 6.45) is 2.96. The Hall–Kier alpha value is -3.55. The van der Waals surface area contributed by atoms with Crippen molar-refractivity contribution in [3.63, 3.8) is 0 Å². The van der Waals surface area contributed by atoms with Crippen LogP contribution in [0.1, 0.15) is 33.6 Å². The number of nitrogens with one attached hydrogen (secondary N) is 1. The first-order valence-electron chi connectivity index (χ1n) is 9.19. The number of tetrazole rings is 1. The predicted octanol–water partition coefficient (Wildman–Crippen LogP) is 1.70. The quantitative estimate of drug-likeness (QED) is 0.748. The molecule has 0 radical (unpaired) electrons. The van der Waals surface area contributed by atoms with Crippen LogP contribution < -0.4 is 5.32 Å². The summed E-state index contributed by atoms with van der Waals surface area (Å²) in [7, 11) is 0. The monoisotopic (exact) mass is 376 g/mol. The molecule has 8 heteroatoms. The van der Waals surface area contributed by atoms with Crippen LogP contribution in [0.4, 0.5) is 0 Å². The number of aromatic nitrogens is 4. The van der Waals surface area contributed by atoms with Crippen molar-refractivity contribution in [2.75, 3.05) is 13.1 Å². The minimum atomic E-state index is -0.0699. The number of nitrogens with zero attached hydrogens (tertiary/aromatic N) is 5. The number of piperidine rings is 1. The summed E-state index contributed by atoms with van der Waals surface area (Å²) in [5.41, 5.74) is 1.99. The number of carbonyl (C=O) groups is 2. The molecule has 1 fully saturated rings. The molecular weight excluding hydrogens is 356 g/mol. The van der Waals surface area contributed by atoms with Crippen LogP contribution in [0.25, 0.3) is 5.69 Å². The highest BCUT2D eigenvalue weighted by Crippen LogP contribution is 2.16. The van der Waals surface area contributed by atoms with Crippen LogP contribution in [0.3, 0.4) is 0 Å². The first-order chi connectivity index (χ1) is 13.7. The van der Waals surface area contributed by atoms with Gasteiger partial charge in [0.2, 0.25) is 0 Å². The van der Waals surface area contributed by atoms with Crippen molar-refractivity contribution >= 4 is 11.8 Å². The van der Waals surface area contributed by atoms with Crippen molar-refractivity contribution in [1.29, 1.82) is 0 Å². The van der Waals surface area contributed by atoms with Crippen LogP contribution in [-0.2, 0) is 0 Å². The van der Waals surface area contributed by atoms with Gasteiger partial charge in [0.15, 0.2) is 0 Å². The molecule has 0 bridgehead atoms. The Morgan fingerprint density at radius 1 is 0.964 bits per heavy atom. The standard InChI is InChI=1S/C20H20N6O2/c27-19(15-5-2-1-3-6-15)22-17-9-11-25(12-10-17)20(28)16-7-4-8-18(13-16)26-14-21-23-24-26/h1-8,13-14,17H,9-12H2,(H,22,27). The number of hydrogen-bond acceptors (Lipinski definition) is 5. The lowest BCUT2D eigenvalue weighted by molar-refractivity contribution is 0.0698. The van der Waals surface area contributed by atoms with Gasteiger partial charge in [-0.1, -0.05) is 24.3 Å². The molecule has 28 heavy (non-hydrogen) atoms. The summed E-state index contributed by atoms with van der Waals surface area (Å²) in [6, 6.07) is 16.5. The Labute approximate surface area is 162 Å². The third-order valence-corrected chi connectivity index (χ3v) is 4.86. The Kier molecular flexibility index (Phi) is 5.09. The number of benzene rings is 2. The predicted molar refractivity (Wildman–Crippen MR) is 102 cm³/mol. The van der Waals surface area contributed by atoms with Gasteiger partial charge in [-0.15, -0.1) is 5.10 Å². The molecule has 1 saturated heterocycles. The van der Waals surface area contributed by atoms with Crippen molar-refractivity contribution in [2.24, 2.45) is 0 Å². The van der Waals surface area contributed by atoms with Crippen LogP contribution in [0.2, 0.25) is 0 Å². The normalized spacial score (nSPS) is 14.6. The van der Waals surface area contributed by atoms with Gasteiger partial charge in [-0.3, -0.25) is 9.59 Å². The third kappa shape index (κ3) is 3.90. The van der Waals surface area contributed by atoms with E-state index >= 15 is 0 Å². The zero-order chi connectivity index (χ0) is 19.3. The Balaban J connectivity index is 1.35. The molecule has 0 spiro atoms. The zero-order valence-corrected chi connectivity index (χ0v) is 15.2. The Morgan fingerprint density at radius 3 is 2.43 bits per heavy atom. The molecular formula is C20H20N6O2. The average Bonchev–Trinajstić information content (AvgIpc) is 3.29. The van der Waals surface area contributed by atoms with Crippen molar-refractivity contribution in [3.05, 3.63) is 72.1 Å². The van der Waals surface area contributed by atoms with Gasteiger partial charge in [-0.25, -0.2) is 4.68 Å². The van der Waals surface area contributed by atoms with Gasteiger partial charge in [0.25, 0.3) is 11.8 Å². The second kappa shape index (κ2) is 7.99. The first kappa shape index (κ1) is 17.8. The van der Waals surface area contributed by atoms with Crippen molar-refractivity contribution in [2.45, 2.75) is 18.9 Å². The van der Waals surface area contributed by atoms with E-state index in [0.29, 0.717) is 24.2 Å². The van der Waals surface area contributed by atoms with E-state index in [1.54, 1.807) is 24.3 Å². The van der Waals surface area contributed by atoms with Crippen molar-refractivity contribution in [3.8, 4) is 5.69 Å². The highest BCUT2D eigenvalue weighted by atomic mass is 16.2. The maximum atomic E-state index is 12.8. The molecule has 0 aliphatic carbocycles. The Morgan fingerprint density at radius 2 is 1.71 bits per heavy atom. The number of amides is 2. The van der Waals surface area contributed by atoms with Crippen LogP contribution in [-0.4, -0.2) is 56.1 Å². The van der Waals surface area contributed by atoms with E-state index in [4.69, 9.17) is 0 Å². The lowest BCUT2D eigenvalue weighted by Crippen LogP contribution is -2.46. The number of carbonyl (C=O) groups excluding carboxylic acids is 2. The molecule has 1 aliphatic heterocycles. The first-order valence-corrected chi connectivity index (χ1v) is 9.19. The van der Waals surface area contributed by atoms with E-state index in [-0.39, 0.29) is 17.9 Å². The molecule has 1 N–H and O–H groups in total. The van der Waals surface area contributed by atoms with Crippen molar-refractivity contribution in [1.82, 2.24) is 30.4 Å². The SMILES string of the molecule is O=C(NC1CCN(C(=O)c2cccc(-n3cnnn3)c2)CC1)c1ccccc1. The molecule has 1 aromatic heterocycles. The summed E-state index contributed by atoms with van der Waals surface area (Å²) in [6.45, 7) is 1.21. The molecule has 0 unspecified atom stereocenters. The lowest BCUT2D eigenvalue weighted by Gasteiger charge is -2.32. The number of likely N-dealkylation sites (tertiary alicyclic amines) is 1. The summed E-state index contributed by atoms with van der Waals surface area (Å²) < 4.78 is 1.52. The lowest BCUT2D eigenvalue weighted by atomic mass is 10.0. The van der Waals surface area contributed by atoms with Gasteiger partial charge in [0.05, 0.1) is 5.69 Å². The average molecular weight is 376 g/mol. The van der Waals surface area contributed by atoms with E-state index < -0.39 is 0 Å². The maximum Gasteiger partial charge on any atom is 0.253 e. The fraction of sp³-hybridized carbons (Fsp3) is 0.250. The third-order valence-electron chi connectivity index (χ3n) is 4.86. The minimum Gasteiger partial charge on any atom is -0.349 e. The molecule has 142 valence electrons. The van der Waals surface area contributed by atoms with Gasteiger partial charge in [0.1, 0.15) is 6.33 Å². The van der Waals surface area contributed by atoms with Crippen molar-refractivity contribution < 1.29 is 9.59 Å². The molecule has 2 aromatic carbocycles. The van der Waals surface area contributed by atoms with E-state index in [2.05, 4.69) is 20.8 Å². The fourth-order valence-corrected chi connectivity index (χ4v) is 3.33. The summed E-state index contributed by atoms with van der Waals surface area (Å²) >= 11 is 0. The van der Waals surface area contributed by atoms with Gasteiger partial charge in [-0.05, 0) is 53.6 Å². The minimum absolute atomic E-state index is 0.0252. The van der Waals surface area contributed by atoms with Gasteiger partial charge < -0.3 is 10.2 Å². The largest absolute Gasteiger partial charge is 0.349 e. The molecule has 1 aliphatic rings. The smallest absolute Gasteiger partial charge is 0.253 e. The van der Waals surface area contributed by atoms with Crippen LogP contribution >= 0.6 is 0 Å². The molecule has 8 nitrogen and oxygen atoms in total. The zero-order valence-electron chi connectivity index (χ0n) is 15.2. The number of hydrogen-bond donors (Lipinski definition) is 1. The van der Waals surface area contributed by atoms with E-state index in [1.165, 1.54) is 11.0 Å². The highest BCUT2D eigenvalue weighted by Gasteiger charge is 2.25. The Bertz CT molecular complexity index is 950.